The summed E-state index contributed by atoms with van der Waals surface area (Å²) >= 11 is 0. The van der Waals surface area contributed by atoms with E-state index in [-0.39, 0.29) is 29.4 Å². The van der Waals surface area contributed by atoms with Gasteiger partial charge in [-0.15, -0.1) is 0 Å². The van der Waals surface area contributed by atoms with Crippen LogP contribution in [0, 0.1) is 13.8 Å². The predicted molar refractivity (Wildman–Crippen MR) is 119 cm³/mol. The van der Waals surface area contributed by atoms with Crippen molar-refractivity contribution >= 4 is 23.3 Å². The molecule has 31 heavy (non-hydrogen) atoms. The van der Waals surface area contributed by atoms with E-state index in [9.17, 15) is 14.4 Å². The zero-order valence-electron chi connectivity index (χ0n) is 17.6. The molecule has 3 aromatic rings. The molecule has 5 nitrogen and oxygen atoms in total. The number of ketones is 1. The fourth-order valence-corrected chi connectivity index (χ4v) is 3.86. The highest BCUT2D eigenvalue weighted by Gasteiger charge is 2.26. The first-order chi connectivity index (χ1) is 15.0. The summed E-state index contributed by atoms with van der Waals surface area (Å²) in [5, 5.41) is 0. The fourth-order valence-electron chi connectivity index (χ4n) is 3.86. The van der Waals surface area contributed by atoms with Gasteiger partial charge in [0.05, 0.1) is 5.56 Å². The zero-order valence-corrected chi connectivity index (χ0v) is 17.6. The van der Waals surface area contributed by atoms with Crippen LogP contribution in [0.3, 0.4) is 0 Å². The van der Waals surface area contributed by atoms with E-state index in [2.05, 4.69) is 0 Å². The molecule has 0 atom stereocenters. The monoisotopic (exact) mass is 413 g/mol. The van der Waals surface area contributed by atoms with E-state index in [1.807, 2.05) is 56.3 Å². The van der Waals surface area contributed by atoms with Crippen molar-refractivity contribution in [1.29, 1.82) is 0 Å². The minimum absolute atomic E-state index is 0.156. The number of amides is 1. The lowest BCUT2D eigenvalue weighted by Crippen LogP contribution is -2.33. The number of para-hydroxylation sites is 1. The van der Waals surface area contributed by atoms with Crippen molar-refractivity contribution in [3.63, 3.8) is 0 Å². The van der Waals surface area contributed by atoms with E-state index in [4.69, 9.17) is 4.74 Å². The second kappa shape index (κ2) is 8.56. The molecule has 3 aromatic carbocycles. The average Bonchev–Trinajstić information content (AvgIpc) is 3.22. The molecule has 0 unspecified atom stereocenters. The number of ether oxygens (including phenoxy) is 1. The summed E-state index contributed by atoms with van der Waals surface area (Å²) in [7, 11) is 0. The van der Waals surface area contributed by atoms with Crippen LogP contribution < -0.4 is 4.90 Å². The third-order valence-corrected chi connectivity index (χ3v) is 5.54. The number of fused-ring (bicyclic) bond motifs is 1. The number of rotatable bonds is 5. The van der Waals surface area contributed by atoms with Crippen LogP contribution in [0.5, 0.6) is 0 Å². The average molecular weight is 413 g/mol. The summed E-state index contributed by atoms with van der Waals surface area (Å²) in [6, 6.07) is 19.9. The van der Waals surface area contributed by atoms with Crippen molar-refractivity contribution in [2.45, 2.75) is 20.3 Å². The first-order valence-electron chi connectivity index (χ1n) is 10.2. The number of nitrogens with zero attached hydrogens (tertiary/aromatic N) is 1. The second-order valence-electron chi connectivity index (χ2n) is 7.69. The quantitative estimate of drug-likeness (QED) is 0.463. The van der Waals surface area contributed by atoms with Crippen LogP contribution in [0.25, 0.3) is 0 Å². The summed E-state index contributed by atoms with van der Waals surface area (Å²) in [5.74, 6) is -1.21. The number of hydrogen-bond acceptors (Lipinski definition) is 4. The molecule has 1 aliphatic heterocycles. The maximum atomic E-state index is 13.1. The molecule has 0 N–H and O–H groups in total. The van der Waals surface area contributed by atoms with Crippen LogP contribution in [0.15, 0.2) is 66.7 Å². The molecule has 0 aromatic heterocycles. The maximum Gasteiger partial charge on any atom is 0.339 e. The van der Waals surface area contributed by atoms with Gasteiger partial charge in [0.15, 0.2) is 12.4 Å². The Bertz CT molecular complexity index is 1180. The van der Waals surface area contributed by atoms with Crippen molar-refractivity contribution in [3.05, 3.63) is 100 Å². The largest absolute Gasteiger partial charge is 0.452 e. The van der Waals surface area contributed by atoms with Crippen molar-refractivity contribution in [1.82, 2.24) is 0 Å². The van der Waals surface area contributed by atoms with Gasteiger partial charge in [0, 0.05) is 23.4 Å². The van der Waals surface area contributed by atoms with Crippen molar-refractivity contribution in [3.8, 4) is 0 Å². The fraction of sp³-hybridized carbons (Fsp3) is 0.192. The molecule has 4 rings (SSSR count). The molecule has 0 saturated heterocycles. The lowest BCUT2D eigenvalue weighted by Gasteiger charge is -2.17. The zero-order chi connectivity index (χ0) is 22.0. The van der Waals surface area contributed by atoms with Crippen molar-refractivity contribution in [2.24, 2.45) is 0 Å². The second-order valence-corrected chi connectivity index (χ2v) is 7.69. The molecule has 5 heteroatoms. The van der Waals surface area contributed by atoms with Crippen LogP contribution >= 0.6 is 0 Å². The van der Waals surface area contributed by atoms with Crippen LogP contribution in [0.4, 0.5) is 5.69 Å². The van der Waals surface area contributed by atoms with Crippen LogP contribution in [0.1, 0.15) is 43.0 Å². The molecular weight excluding hydrogens is 390 g/mol. The van der Waals surface area contributed by atoms with E-state index in [1.165, 1.54) is 0 Å². The Hall–Kier alpha value is -3.73. The Kier molecular flexibility index (Phi) is 5.67. The molecule has 0 spiro atoms. The first kappa shape index (κ1) is 20.5. The number of carbonyl (C=O) groups excluding carboxylic acids is 3. The SMILES string of the molecule is Cc1ccc(C)c(C(=O)c2ccccc2C(=O)OCC(=O)N2CCc3ccccc32)c1. The van der Waals surface area contributed by atoms with E-state index in [0.717, 1.165) is 28.8 Å². The van der Waals surface area contributed by atoms with Crippen LogP contribution in [-0.4, -0.2) is 30.8 Å². The number of benzene rings is 3. The summed E-state index contributed by atoms with van der Waals surface area (Å²) in [5.41, 5.74) is 4.72. The molecule has 0 aliphatic carbocycles. The van der Waals surface area contributed by atoms with Gasteiger partial charge in [0.1, 0.15) is 0 Å². The van der Waals surface area contributed by atoms with Gasteiger partial charge in [-0.25, -0.2) is 4.79 Å². The Morgan fingerprint density at radius 3 is 2.39 bits per heavy atom. The summed E-state index contributed by atoms with van der Waals surface area (Å²) in [6.07, 6.45) is 0.781. The van der Waals surface area contributed by atoms with Crippen molar-refractivity contribution < 1.29 is 19.1 Å². The molecule has 0 saturated carbocycles. The molecule has 0 radical (unpaired) electrons. The normalized spacial score (nSPS) is 12.4. The highest BCUT2D eigenvalue weighted by Crippen LogP contribution is 2.27. The van der Waals surface area contributed by atoms with E-state index >= 15 is 0 Å². The molecule has 1 amide bonds. The maximum absolute atomic E-state index is 13.1. The first-order valence-corrected chi connectivity index (χ1v) is 10.2. The minimum atomic E-state index is -0.685. The Balaban J connectivity index is 1.51. The number of hydrogen-bond donors (Lipinski definition) is 0. The highest BCUT2D eigenvalue weighted by atomic mass is 16.5. The van der Waals surface area contributed by atoms with Gasteiger partial charge in [-0.2, -0.15) is 0 Å². The van der Waals surface area contributed by atoms with Gasteiger partial charge in [0.25, 0.3) is 5.91 Å². The number of esters is 1. The summed E-state index contributed by atoms with van der Waals surface area (Å²) < 4.78 is 5.32. The molecule has 0 bridgehead atoms. The highest BCUT2D eigenvalue weighted by molar-refractivity contribution is 6.15. The van der Waals surface area contributed by atoms with Crippen LogP contribution in [-0.2, 0) is 16.0 Å². The van der Waals surface area contributed by atoms with Crippen LogP contribution in [0.2, 0.25) is 0 Å². The van der Waals surface area contributed by atoms with Gasteiger partial charge < -0.3 is 9.64 Å². The van der Waals surface area contributed by atoms with Gasteiger partial charge in [-0.3, -0.25) is 9.59 Å². The van der Waals surface area contributed by atoms with E-state index in [1.54, 1.807) is 29.2 Å². The number of aryl methyl sites for hydroxylation is 2. The smallest absolute Gasteiger partial charge is 0.339 e. The molecule has 0 fully saturated rings. The minimum Gasteiger partial charge on any atom is -0.452 e. The lowest BCUT2D eigenvalue weighted by molar-refractivity contribution is -0.121. The predicted octanol–water partition coefficient (Wildman–Crippen LogP) is 4.28. The van der Waals surface area contributed by atoms with Gasteiger partial charge >= 0.3 is 5.97 Å². The molecule has 1 aliphatic rings. The molecule has 1 heterocycles. The topological polar surface area (TPSA) is 63.7 Å². The summed E-state index contributed by atoms with van der Waals surface area (Å²) in [4.78, 5) is 40.2. The Labute approximate surface area is 181 Å². The Morgan fingerprint density at radius 2 is 1.58 bits per heavy atom. The Morgan fingerprint density at radius 1 is 0.871 bits per heavy atom. The molecular formula is C26H23NO4. The third-order valence-electron chi connectivity index (χ3n) is 5.54. The lowest BCUT2D eigenvalue weighted by atomic mass is 9.94. The number of carbonyl (C=O) groups is 3. The standard InChI is InChI=1S/C26H23NO4/c1-17-11-12-18(2)22(15-17)25(29)20-8-4-5-9-21(20)26(30)31-16-24(28)27-14-13-19-7-3-6-10-23(19)27/h3-12,15H,13-14,16H2,1-2H3. The van der Waals surface area contributed by atoms with E-state index < -0.39 is 5.97 Å². The van der Waals surface area contributed by atoms with Crippen molar-refractivity contribution in [2.75, 3.05) is 18.1 Å². The van der Waals surface area contributed by atoms with E-state index in [0.29, 0.717) is 12.1 Å². The number of anilines is 1. The van der Waals surface area contributed by atoms with Gasteiger partial charge in [-0.1, -0.05) is 54.1 Å². The summed E-state index contributed by atoms with van der Waals surface area (Å²) in [6.45, 7) is 3.97. The third kappa shape index (κ3) is 4.12. The van der Waals surface area contributed by atoms with Gasteiger partial charge in [-0.05, 0) is 49.6 Å². The van der Waals surface area contributed by atoms with Gasteiger partial charge in [0.2, 0.25) is 0 Å². The molecule has 156 valence electrons.